The summed E-state index contributed by atoms with van der Waals surface area (Å²) in [4.78, 5) is 1.62. The minimum Gasteiger partial charge on any atom is -0.316 e. The number of aryl methyl sites for hydroxylation is 1. The van der Waals surface area contributed by atoms with Gasteiger partial charge in [-0.25, -0.2) is 0 Å². The molecule has 1 atom stereocenters. The number of tetrazole rings is 1. The lowest BCUT2D eigenvalue weighted by molar-refractivity contribution is 0.446. The van der Waals surface area contributed by atoms with Gasteiger partial charge in [-0.3, -0.25) is 0 Å². The standard InChI is InChI=1S/C13H17N5/c1-10-4-2-6-12(8-10)18-16-13(15-17-18)11-5-3-7-14-9-11/h2,4,6,8,11,14H,3,5,7,9H2,1H3. The highest BCUT2D eigenvalue weighted by Gasteiger charge is 2.20. The van der Waals surface area contributed by atoms with Gasteiger partial charge in [-0.2, -0.15) is 0 Å². The summed E-state index contributed by atoms with van der Waals surface area (Å²) in [5.41, 5.74) is 2.17. The van der Waals surface area contributed by atoms with Gasteiger partial charge < -0.3 is 5.32 Å². The van der Waals surface area contributed by atoms with E-state index in [9.17, 15) is 0 Å². The van der Waals surface area contributed by atoms with Crippen molar-refractivity contribution in [3.8, 4) is 5.69 Å². The Morgan fingerprint density at radius 2 is 2.33 bits per heavy atom. The molecular weight excluding hydrogens is 226 g/mol. The van der Waals surface area contributed by atoms with E-state index in [4.69, 9.17) is 0 Å². The molecule has 2 heterocycles. The minimum atomic E-state index is 0.400. The van der Waals surface area contributed by atoms with Gasteiger partial charge in [-0.1, -0.05) is 12.1 Å². The van der Waals surface area contributed by atoms with Crippen LogP contribution in [0.3, 0.4) is 0 Å². The molecule has 1 N–H and O–H groups in total. The van der Waals surface area contributed by atoms with Gasteiger partial charge in [-0.15, -0.1) is 15.0 Å². The predicted molar refractivity (Wildman–Crippen MR) is 68.7 cm³/mol. The third kappa shape index (κ3) is 2.26. The Morgan fingerprint density at radius 3 is 3.11 bits per heavy atom. The molecule has 0 amide bonds. The summed E-state index contributed by atoms with van der Waals surface area (Å²) in [5, 5.41) is 16.2. The molecule has 1 aliphatic heterocycles. The van der Waals surface area contributed by atoms with Gasteiger partial charge in [0.15, 0.2) is 5.82 Å². The van der Waals surface area contributed by atoms with E-state index in [0.29, 0.717) is 5.92 Å². The molecule has 3 rings (SSSR count). The first-order chi connectivity index (χ1) is 8.83. The average molecular weight is 243 g/mol. The van der Waals surface area contributed by atoms with Crippen LogP contribution in [0.25, 0.3) is 5.69 Å². The van der Waals surface area contributed by atoms with Gasteiger partial charge in [0, 0.05) is 12.5 Å². The Labute approximate surface area is 106 Å². The molecule has 1 fully saturated rings. The van der Waals surface area contributed by atoms with Crippen LogP contribution in [-0.2, 0) is 0 Å². The van der Waals surface area contributed by atoms with E-state index in [1.807, 2.05) is 12.1 Å². The SMILES string of the molecule is Cc1cccc(-n2nnc(C3CCCNC3)n2)c1. The van der Waals surface area contributed by atoms with Crippen LogP contribution in [0.1, 0.15) is 30.1 Å². The zero-order valence-corrected chi connectivity index (χ0v) is 10.5. The van der Waals surface area contributed by atoms with E-state index in [1.165, 1.54) is 12.0 Å². The molecule has 1 aromatic carbocycles. The molecule has 2 aromatic rings. The first-order valence-electron chi connectivity index (χ1n) is 6.40. The number of aromatic nitrogens is 4. The fraction of sp³-hybridized carbons (Fsp3) is 0.462. The van der Waals surface area contributed by atoms with Crippen LogP contribution in [0.5, 0.6) is 0 Å². The highest BCUT2D eigenvalue weighted by Crippen LogP contribution is 2.19. The highest BCUT2D eigenvalue weighted by molar-refractivity contribution is 5.33. The molecular formula is C13H17N5. The second kappa shape index (κ2) is 4.86. The minimum absolute atomic E-state index is 0.400. The molecule has 5 nitrogen and oxygen atoms in total. The maximum absolute atomic E-state index is 4.50. The van der Waals surface area contributed by atoms with Crippen molar-refractivity contribution in [1.82, 2.24) is 25.5 Å². The summed E-state index contributed by atoms with van der Waals surface area (Å²) in [6.45, 7) is 4.12. The predicted octanol–water partition coefficient (Wildman–Crippen LogP) is 1.44. The van der Waals surface area contributed by atoms with Crippen LogP contribution in [0, 0.1) is 6.92 Å². The van der Waals surface area contributed by atoms with Gasteiger partial charge in [0.05, 0.1) is 5.69 Å². The van der Waals surface area contributed by atoms with Crippen molar-refractivity contribution < 1.29 is 0 Å². The number of nitrogens with one attached hydrogen (secondary N) is 1. The van der Waals surface area contributed by atoms with Gasteiger partial charge in [0.1, 0.15) is 0 Å². The molecule has 1 saturated heterocycles. The molecule has 5 heteroatoms. The van der Waals surface area contributed by atoms with Crippen LogP contribution in [0.15, 0.2) is 24.3 Å². The van der Waals surface area contributed by atoms with E-state index in [-0.39, 0.29) is 0 Å². The molecule has 1 unspecified atom stereocenters. The van der Waals surface area contributed by atoms with E-state index < -0.39 is 0 Å². The van der Waals surface area contributed by atoms with Crippen molar-refractivity contribution in [3.05, 3.63) is 35.7 Å². The fourth-order valence-electron chi connectivity index (χ4n) is 2.32. The van der Waals surface area contributed by atoms with Crippen molar-refractivity contribution in [2.24, 2.45) is 0 Å². The molecule has 0 spiro atoms. The van der Waals surface area contributed by atoms with Gasteiger partial charge in [0.2, 0.25) is 0 Å². The van der Waals surface area contributed by atoms with Gasteiger partial charge in [0.25, 0.3) is 0 Å². The topological polar surface area (TPSA) is 55.6 Å². The average Bonchev–Trinajstić information content (AvgIpc) is 2.89. The molecule has 1 aliphatic rings. The number of benzene rings is 1. The Bertz CT molecular complexity index is 528. The van der Waals surface area contributed by atoms with E-state index in [0.717, 1.165) is 31.0 Å². The lowest BCUT2D eigenvalue weighted by atomic mass is 9.99. The first kappa shape index (κ1) is 11.3. The lowest BCUT2D eigenvalue weighted by Crippen LogP contribution is -2.29. The summed E-state index contributed by atoms with van der Waals surface area (Å²) in [5.74, 6) is 1.25. The molecule has 0 bridgehead atoms. The summed E-state index contributed by atoms with van der Waals surface area (Å²) < 4.78 is 0. The smallest absolute Gasteiger partial charge is 0.179 e. The van der Waals surface area contributed by atoms with Crippen LogP contribution < -0.4 is 5.32 Å². The number of nitrogens with zero attached hydrogens (tertiary/aromatic N) is 4. The van der Waals surface area contributed by atoms with Crippen molar-refractivity contribution in [3.63, 3.8) is 0 Å². The maximum atomic E-state index is 4.50. The van der Waals surface area contributed by atoms with Gasteiger partial charge >= 0.3 is 0 Å². The Balaban J connectivity index is 1.84. The van der Waals surface area contributed by atoms with E-state index in [1.54, 1.807) is 4.80 Å². The van der Waals surface area contributed by atoms with E-state index >= 15 is 0 Å². The van der Waals surface area contributed by atoms with Crippen LogP contribution in [0.2, 0.25) is 0 Å². The fourth-order valence-corrected chi connectivity index (χ4v) is 2.32. The number of piperidine rings is 1. The molecule has 1 aromatic heterocycles. The summed E-state index contributed by atoms with van der Waals surface area (Å²) in [7, 11) is 0. The van der Waals surface area contributed by atoms with Gasteiger partial charge in [-0.05, 0) is 49.2 Å². The Hall–Kier alpha value is -1.75. The van der Waals surface area contributed by atoms with Crippen LogP contribution >= 0.6 is 0 Å². The van der Waals surface area contributed by atoms with E-state index in [2.05, 4.69) is 39.8 Å². The zero-order valence-electron chi connectivity index (χ0n) is 10.5. The lowest BCUT2D eigenvalue weighted by Gasteiger charge is -2.19. The summed E-state index contributed by atoms with van der Waals surface area (Å²) >= 11 is 0. The second-order valence-electron chi connectivity index (χ2n) is 4.82. The summed E-state index contributed by atoms with van der Waals surface area (Å²) in [6.07, 6.45) is 2.33. The van der Waals surface area contributed by atoms with Crippen LogP contribution in [0.4, 0.5) is 0 Å². The third-order valence-corrected chi connectivity index (χ3v) is 3.32. The number of hydrogen-bond acceptors (Lipinski definition) is 4. The third-order valence-electron chi connectivity index (χ3n) is 3.32. The molecule has 0 radical (unpaired) electrons. The highest BCUT2D eigenvalue weighted by atomic mass is 15.6. The largest absolute Gasteiger partial charge is 0.316 e. The second-order valence-corrected chi connectivity index (χ2v) is 4.82. The Kier molecular flexibility index (Phi) is 3.06. The van der Waals surface area contributed by atoms with Crippen LogP contribution in [-0.4, -0.2) is 33.3 Å². The molecule has 0 saturated carbocycles. The molecule has 0 aliphatic carbocycles. The maximum Gasteiger partial charge on any atom is 0.179 e. The van der Waals surface area contributed by atoms with Crippen molar-refractivity contribution >= 4 is 0 Å². The first-order valence-corrected chi connectivity index (χ1v) is 6.40. The Morgan fingerprint density at radius 1 is 1.39 bits per heavy atom. The summed E-state index contributed by atoms with van der Waals surface area (Å²) in [6, 6.07) is 8.13. The number of rotatable bonds is 2. The monoisotopic (exact) mass is 243 g/mol. The normalized spacial score (nSPS) is 19.9. The molecule has 18 heavy (non-hydrogen) atoms. The van der Waals surface area contributed by atoms with Crippen molar-refractivity contribution in [2.75, 3.05) is 13.1 Å². The van der Waals surface area contributed by atoms with Crippen molar-refractivity contribution in [2.45, 2.75) is 25.7 Å². The van der Waals surface area contributed by atoms with Crippen molar-refractivity contribution in [1.29, 1.82) is 0 Å². The molecule has 94 valence electrons. The zero-order chi connectivity index (χ0) is 12.4. The number of hydrogen-bond donors (Lipinski definition) is 1. The quantitative estimate of drug-likeness (QED) is 0.867.